The average Bonchev–Trinajstić information content (AvgIpc) is 2.84. The molecule has 0 aromatic heterocycles. The number of anilines is 1. The van der Waals surface area contributed by atoms with Crippen LogP contribution in [-0.2, 0) is 19.1 Å². The number of carbonyl (C=O) groups excluding carboxylic acids is 4. The van der Waals surface area contributed by atoms with Crippen LogP contribution in [0, 0.1) is 5.92 Å². The van der Waals surface area contributed by atoms with E-state index in [1.54, 1.807) is 32.0 Å². The van der Waals surface area contributed by atoms with Gasteiger partial charge in [0.1, 0.15) is 17.5 Å². The molecule has 1 unspecified atom stereocenters. The van der Waals surface area contributed by atoms with Crippen molar-refractivity contribution in [2.75, 3.05) is 33.3 Å². The normalized spacial score (nSPS) is 11.2. The van der Waals surface area contributed by atoms with Gasteiger partial charge in [-0.1, -0.05) is 19.9 Å². The summed E-state index contributed by atoms with van der Waals surface area (Å²) >= 11 is 0. The van der Waals surface area contributed by atoms with Gasteiger partial charge < -0.3 is 29.6 Å². The molecule has 0 bridgehead atoms. The van der Waals surface area contributed by atoms with Gasteiger partial charge in [0.2, 0.25) is 0 Å². The number of methoxy groups -OCH3 is 3. The van der Waals surface area contributed by atoms with Gasteiger partial charge in [0.15, 0.2) is 6.61 Å². The van der Waals surface area contributed by atoms with Gasteiger partial charge in [-0.05, 0) is 36.2 Å². The molecule has 0 aliphatic carbocycles. The Bertz CT molecular complexity index is 1030. The van der Waals surface area contributed by atoms with Crippen molar-refractivity contribution in [3.05, 3.63) is 53.6 Å². The maximum absolute atomic E-state index is 12.7. The predicted molar refractivity (Wildman–Crippen MR) is 123 cm³/mol. The molecule has 0 fully saturated rings. The lowest BCUT2D eigenvalue weighted by Crippen LogP contribution is -2.46. The second-order valence-corrected chi connectivity index (χ2v) is 7.52. The van der Waals surface area contributed by atoms with Gasteiger partial charge in [-0.3, -0.25) is 9.59 Å². The molecule has 34 heavy (non-hydrogen) atoms. The Morgan fingerprint density at radius 2 is 1.53 bits per heavy atom. The number of rotatable bonds is 10. The Hall–Kier alpha value is -4.08. The Morgan fingerprint density at radius 3 is 2.09 bits per heavy atom. The van der Waals surface area contributed by atoms with Crippen LogP contribution in [-0.4, -0.2) is 57.7 Å². The number of esters is 2. The van der Waals surface area contributed by atoms with Crippen molar-refractivity contribution in [2.24, 2.45) is 5.92 Å². The van der Waals surface area contributed by atoms with Crippen molar-refractivity contribution in [1.29, 1.82) is 0 Å². The Balaban J connectivity index is 2.00. The fourth-order valence-electron chi connectivity index (χ4n) is 2.93. The molecule has 0 saturated carbocycles. The van der Waals surface area contributed by atoms with Crippen molar-refractivity contribution < 1.29 is 38.1 Å². The summed E-state index contributed by atoms with van der Waals surface area (Å²) in [5.41, 5.74) is 0.830. The third-order valence-electron chi connectivity index (χ3n) is 4.73. The van der Waals surface area contributed by atoms with Crippen LogP contribution in [0.15, 0.2) is 42.5 Å². The molecule has 182 valence electrons. The van der Waals surface area contributed by atoms with Crippen molar-refractivity contribution in [3.8, 4) is 11.5 Å². The fraction of sp³-hybridized carbons (Fsp3) is 0.333. The number of nitrogens with one attached hydrogen (secondary N) is 2. The highest BCUT2D eigenvalue weighted by atomic mass is 16.5. The highest BCUT2D eigenvalue weighted by molar-refractivity contribution is 5.98. The number of amides is 2. The van der Waals surface area contributed by atoms with E-state index in [1.165, 1.54) is 45.6 Å². The van der Waals surface area contributed by atoms with Gasteiger partial charge in [-0.25, -0.2) is 9.59 Å². The van der Waals surface area contributed by atoms with E-state index < -0.39 is 36.4 Å². The topological polar surface area (TPSA) is 129 Å². The molecular weight excluding hydrogens is 444 g/mol. The van der Waals surface area contributed by atoms with Crippen LogP contribution in [0.2, 0.25) is 0 Å². The van der Waals surface area contributed by atoms with Crippen LogP contribution in [0.5, 0.6) is 11.5 Å². The summed E-state index contributed by atoms with van der Waals surface area (Å²) in [6.45, 7) is 2.89. The van der Waals surface area contributed by atoms with Gasteiger partial charge in [-0.2, -0.15) is 0 Å². The highest BCUT2D eigenvalue weighted by Gasteiger charge is 2.27. The maximum Gasteiger partial charge on any atom is 0.337 e. The Labute approximate surface area is 197 Å². The van der Waals surface area contributed by atoms with Crippen LogP contribution in [0.1, 0.15) is 34.6 Å². The van der Waals surface area contributed by atoms with Crippen LogP contribution in [0.25, 0.3) is 0 Å². The summed E-state index contributed by atoms with van der Waals surface area (Å²) in [4.78, 5) is 49.2. The van der Waals surface area contributed by atoms with E-state index >= 15 is 0 Å². The lowest BCUT2D eigenvalue weighted by molar-refractivity contribution is -0.150. The maximum atomic E-state index is 12.7. The first-order valence-corrected chi connectivity index (χ1v) is 10.4. The number of carbonyl (C=O) groups is 4. The summed E-state index contributed by atoms with van der Waals surface area (Å²) in [7, 11) is 4.17. The monoisotopic (exact) mass is 472 g/mol. The molecule has 0 saturated heterocycles. The van der Waals surface area contributed by atoms with Crippen molar-refractivity contribution in [2.45, 2.75) is 19.9 Å². The van der Waals surface area contributed by atoms with E-state index in [2.05, 4.69) is 15.4 Å². The van der Waals surface area contributed by atoms with Crippen LogP contribution in [0.4, 0.5) is 5.69 Å². The molecule has 0 aliphatic rings. The summed E-state index contributed by atoms with van der Waals surface area (Å²) < 4.78 is 20.1. The molecule has 2 aromatic rings. The van der Waals surface area contributed by atoms with E-state index in [0.717, 1.165) is 0 Å². The van der Waals surface area contributed by atoms with Gasteiger partial charge in [-0.15, -0.1) is 0 Å². The third kappa shape index (κ3) is 7.22. The first kappa shape index (κ1) is 26.2. The zero-order valence-corrected chi connectivity index (χ0v) is 19.7. The number of hydrogen-bond acceptors (Lipinski definition) is 8. The standard InChI is InChI=1S/C24H28N2O8/c1-14(2)21(26-22(28)16-10-18(31-3)12-19(11-16)32-4)24(30)34-13-20(27)25-17-8-6-7-15(9-17)23(29)33-5/h6-12,14,21H,13H2,1-5H3,(H,25,27)(H,26,28). The molecule has 2 N–H and O–H groups in total. The van der Waals surface area contributed by atoms with Crippen molar-refractivity contribution >= 4 is 29.4 Å². The van der Waals surface area contributed by atoms with E-state index in [0.29, 0.717) is 17.2 Å². The van der Waals surface area contributed by atoms with Crippen LogP contribution >= 0.6 is 0 Å². The summed E-state index contributed by atoms with van der Waals surface area (Å²) in [6, 6.07) is 9.76. The number of ether oxygens (including phenoxy) is 4. The zero-order valence-electron chi connectivity index (χ0n) is 19.7. The highest BCUT2D eigenvalue weighted by Crippen LogP contribution is 2.22. The Morgan fingerprint density at radius 1 is 0.882 bits per heavy atom. The molecular formula is C24H28N2O8. The lowest BCUT2D eigenvalue weighted by Gasteiger charge is -2.21. The second-order valence-electron chi connectivity index (χ2n) is 7.52. The molecule has 2 rings (SSSR count). The summed E-state index contributed by atoms with van der Waals surface area (Å²) in [5, 5.41) is 5.16. The van der Waals surface area contributed by atoms with Crippen molar-refractivity contribution in [1.82, 2.24) is 5.32 Å². The minimum atomic E-state index is -1.000. The zero-order chi connectivity index (χ0) is 25.3. The molecule has 1 atom stereocenters. The van der Waals surface area contributed by atoms with Gasteiger partial charge in [0, 0.05) is 17.3 Å². The van der Waals surface area contributed by atoms with Gasteiger partial charge in [0.05, 0.1) is 26.9 Å². The first-order chi connectivity index (χ1) is 16.2. The van der Waals surface area contributed by atoms with E-state index in [4.69, 9.17) is 14.2 Å². The molecule has 0 radical (unpaired) electrons. The van der Waals surface area contributed by atoms with E-state index in [9.17, 15) is 19.2 Å². The molecule has 0 spiro atoms. The molecule has 0 heterocycles. The fourth-order valence-corrected chi connectivity index (χ4v) is 2.93. The second kappa shape index (κ2) is 12.2. The summed E-state index contributed by atoms with van der Waals surface area (Å²) in [6.07, 6.45) is 0. The third-order valence-corrected chi connectivity index (χ3v) is 4.73. The van der Waals surface area contributed by atoms with E-state index in [1.807, 2.05) is 0 Å². The molecule has 2 aromatic carbocycles. The number of hydrogen-bond donors (Lipinski definition) is 2. The number of benzene rings is 2. The molecule has 0 aliphatic heterocycles. The van der Waals surface area contributed by atoms with Gasteiger partial charge in [0.25, 0.3) is 11.8 Å². The van der Waals surface area contributed by atoms with E-state index in [-0.39, 0.29) is 17.0 Å². The molecule has 10 heteroatoms. The lowest BCUT2D eigenvalue weighted by atomic mass is 10.0. The summed E-state index contributed by atoms with van der Waals surface area (Å²) in [5.74, 6) is -1.94. The molecule has 10 nitrogen and oxygen atoms in total. The smallest absolute Gasteiger partial charge is 0.337 e. The van der Waals surface area contributed by atoms with Crippen molar-refractivity contribution in [3.63, 3.8) is 0 Å². The SMILES string of the molecule is COC(=O)c1cccc(NC(=O)COC(=O)C(NC(=O)c2cc(OC)cc(OC)c2)C(C)C)c1. The van der Waals surface area contributed by atoms with Crippen LogP contribution in [0.3, 0.4) is 0 Å². The predicted octanol–water partition coefficient (Wildman–Crippen LogP) is 2.43. The first-order valence-electron chi connectivity index (χ1n) is 10.4. The largest absolute Gasteiger partial charge is 0.497 e. The Kier molecular flexibility index (Phi) is 9.42. The average molecular weight is 472 g/mol. The quantitative estimate of drug-likeness (QED) is 0.505. The minimum Gasteiger partial charge on any atom is -0.497 e. The van der Waals surface area contributed by atoms with Crippen LogP contribution < -0.4 is 20.1 Å². The molecule has 2 amide bonds. The van der Waals surface area contributed by atoms with Gasteiger partial charge >= 0.3 is 11.9 Å². The minimum absolute atomic E-state index is 0.234.